The topological polar surface area (TPSA) is 75.2 Å². The Morgan fingerprint density at radius 2 is 1.96 bits per heavy atom. The SMILES string of the molecule is CN(C)c1ccc2c(c1)OC(N)=C(C#N)C2c1cnc2ccccc2c1. The van der Waals surface area contributed by atoms with Crippen molar-refractivity contribution in [1.29, 1.82) is 5.26 Å². The molecule has 2 aromatic carbocycles. The molecule has 0 fully saturated rings. The predicted octanol–water partition coefficient (Wildman–Crippen LogP) is 3.52. The number of hydrogen-bond donors (Lipinski definition) is 1. The molecule has 1 atom stereocenters. The summed E-state index contributed by atoms with van der Waals surface area (Å²) in [7, 11) is 3.93. The molecule has 26 heavy (non-hydrogen) atoms. The van der Waals surface area contributed by atoms with Crippen LogP contribution in [0.3, 0.4) is 0 Å². The van der Waals surface area contributed by atoms with E-state index in [1.165, 1.54) is 0 Å². The molecular weight excluding hydrogens is 324 g/mol. The number of allylic oxidation sites excluding steroid dienone is 1. The first kappa shape index (κ1) is 16.0. The van der Waals surface area contributed by atoms with E-state index in [-0.39, 0.29) is 11.8 Å². The van der Waals surface area contributed by atoms with Gasteiger partial charge >= 0.3 is 0 Å². The number of para-hydroxylation sites is 1. The van der Waals surface area contributed by atoms with E-state index in [1.54, 1.807) is 0 Å². The molecule has 0 radical (unpaired) electrons. The van der Waals surface area contributed by atoms with Crippen LogP contribution in [0.4, 0.5) is 5.69 Å². The average molecular weight is 342 g/mol. The molecular formula is C21H18N4O. The van der Waals surface area contributed by atoms with Crippen molar-refractivity contribution >= 4 is 16.6 Å². The Morgan fingerprint density at radius 1 is 1.15 bits per heavy atom. The van der Waals surface area contributed by atoms with Gasteiger partial charge in [0.2, 0.25) is 5.88 Å². The van der Waals surface area contributed by atoms with Crippen LogP contribution in [-0.4, -0.2) is 19.1 Å². The highest BCUT2D eigenvalue weighted by molar-refractivity contribution is 5.79. The number of hydrogen-bond acceptors (Lipinski definition) is 5. The van der Waals surface area contributed by atoms with Gasteiger partial charge in [0.1, 0.15) is 17.4 Å². The van der Waals surface area contributed by atoms with Crippen molar-refractivity contribution in [3.63, 3.8) is 0 Å². The molecule has 128 valence electrons. The molecule has 0 saturated carbocycles. The predicted molar refractivity (Wildman–Crippen MR) is 102 cm³/mol. The summed E-state index contributed by atoms with van der Waals surface area (Å²) in [5.41, 5.74) is 10.2. The number of anilines is 1. The lowest BCUT2D eigenvalue weighted by Crippen LogP contribution is -2.21. The van der Waals surface area contributed by atoms with E-state index in [4.69, 9.17) is 10.5 Å². The van der Waals surface area contributed by atoms with E-state index in [1.807, 2.05) is 67.7 Å². The quantitative estimate of drug-likeness (QED) is 0.771. The van der Waals surface area contributed by atoms with E-state index in [0.717, 1.165) is 27.7 Å². The van der Waals surface area contributed by atoms with Gasteiger partial charge in [0.25, 0.3) is 0 Å². The van der Waals surface area contributed by atoms with E-state index in [0.29, 0.717) is 11.3 Å². The Kier molecular flexibility index (Phi) is 3.74. The molecule has 5 heteroatoms. The third-order valence-electron chi connectivity index (χ3n) is 4.66. The Bertz CT molecular complexity index is 1080. The molecule has 1 aromatic heterocycles. The van der Waals surface area contributed by atoms with Crippen LogP contribution in [0.5, 0.6) is 5.75 Å². The first-order valence-electron chi connectivity index (χ1n) is 8.32. The van der Waals surface area contributed by atoms with Crippen LogP contribution in [0.15, 0.2) is 66.2 Å². The molecule has 3 aromatic rings. The van der Waals surface area contributed by atoms with Crippen molar-refractivity contribution in [3.05, 3.63) is 77.3 Å². The number of ether oxygens (including phenoxy) is 1. The number of nitrogens with two attached hydrogens (primary N) is 1. The molecule has 1 aliphatic heterocycles. The van der Waals surface area contributed by atoms with Gasteiger partial charge in [-0.1, -0.05) is 24.3 Å². The van der Waals surface area contributed by atoms with E-state index in [2.05, 4.69) is 17.1 Å². The Morgan fingerprint density at radius 3 is 2.73 bits per heavy atom. The van der Waals surface area contributed by atoms with Crippen molar-refractivity contribution in [3.8, 4) is 11.8 Å². The molecule has 1 aliphatic rings. The van der Waals surface area contributed by atoms with E-state index < -0.39 is 0 Å². The van der Waals surface area contributed by atoms with Crippen LogP contribution in [0.1, 0.15) is 17.0 Å². The third-order valence-corrected chi connectivity index (χ3v) is 4.66. The Balaban J connectivity index is 1.91. The van der Waals surface area contributed by atoms with Crippen molar-refractivity contribution in [2.24, 2.45) is 5.73 Å². The van der Waals surface area contributed by atoms with Gasteiger partial charge in [0.15, 0.2) is 0 Å². The monoisotopic (exact) mass is 342 g/mol. The Labute approximate surface area is 151 Å². The van der Waals surface area contributed by atoms with Crippen LogP contribution in [0.2, 0.25) is 0 Å². The normalized spacial score (nSPS) is 16.0. The van der Waals surface area contributed by atoms with Gasteiger partial charge in [-0.05, 0) is 23.8 Å². The third kappa shape index (κ3) is 2.52. The highest BCUT2D eigenvalue weighted by Crippen LogP contribution is 2.43. The number of benzene rings is 2. The average Bonchev–Trinajstić information content (AvgIpc) is 2.66. The fourth-order valence-corrected chi connectivity index (χ4v) is 3.31. The summed E-state index contributed by atoms with van der Waals surface area (Å²) in [6, 6.07) is 18.2. The summed E-state index contributed by atoms with van der Waals surface area (Å²) in [5, 5.41) is 10.7. The van der Waals surface area contributed by atoms with Gasteiger partial charge in [-0.3, -0.25) is 4.98 Å². The summed E-state index contributed by atoms with van der Waals surface area (Å²) < 4.78 is 5.75. The number of aromatic nitrogens is 1. The fourth-order valence-electron chi connectivity index (χ4n) is 3.31. The zero-order valence-electron chi connectivity index (χ0n) is 14.6. The summed E-state index contributed by atoms with van der Waals surface area (Å²) in [5.74, 6) is 0.525. The highest BCUT2D eigenvalue weighted by atomic mass is 16.5. The molecule has 0 bridgehead atoms. The minimum absolute atomic E-state index is 0.147. The zero-order valence-corrected chi connectivity index (χ0v) is 14.6. The fraction of sp³-hybridized carbons (Fsp3) is 0.143. The van der Waals surface area contributed by atoms with Gasteiger partial charge in [0, 0.05) is 43.0 Å². The Hall–Kier alpha value is -3.52. The smallest absolute Gasteiger partial charge is 0.205 e. The van der Waals surface area contributed by atoms with Crippen molar-refractivity contribution in [2.75, 3.05) is 19.0 Å². The molecule has 0 amide bonds. The first-order chi connectivity index (χ1) is 12.6. The molecule has 2 heterocycles. The lowest BCUT2D eigenvalue weighted by molar-refractivity contribution is 0.394. The maximum atomic E-state index is 9.68. The number of fused-ring (bicyclic) bond motifs is 2. The summed E-state index contributed by atoms with van der Waals surface area (Å²) in [6.07, 6.45) is 1.81. The molecule has 0 spiro atoms. The lowest BCUT2D eigenvalue weighted by Gasteiger charge is -2.27. The second-order valence-electron chi connectivity index (χ2n) is 6.50. The second kappa shape index (κ2) is 6.08. The first-order valence-corrected chi connectivity index (χ1v) is 8.32. The van der Waals surface area contributed by atoms with Crippen molar-refractivity contribution in [2.45, 2.75) is 5.92 Å². The maximum absolute atomic E-state index is 9.68. The summed E-state index contributed by atoms with van der Waals surface area (Å²) >= 11 is 0. The molecule has 0 saturated heterocycles. The van der Waals surface area contributed by atoms with E-state index >= 15 is 0 Å². The lowest BCUT2D eigenvalue weighted by atomic mass is 9.84. The van der Waals surface area contributed by atoms with Crippen molar-refractivity contribution < 1.29 is 4.74 Å². The summed E-state index contributed by atoms with van der Waals surface area (Å²) in [6.45, 7) is 0. The standard InChI is InChI=1S/C21H18N4O/c1-25(2)15-7-8-16-19(10-15)26-21(23)17(11-22)20(16)14-9-13-5-3-4-6-18(13)24-12-14/h3-10,12,20H,23H2,1-2H3. The molecule has 2 N–H and O–H groups in total. The number of pyridine rings is 1. The van der Waals surface area contributed by atoms with Gasteiger partial charge in [-0.25, -0.2) is 0 Å². The minimum Gasteiger partial charge on any atom is -0.440 e. The molecule has 0 aliphatic carbocycles. The highest BCUT2D eigenvalue weighted by Gasteiger charge is 2.31. The molecule has 1 unspecified atom stereocenters. The number of rotatable bonds is 2. The van der Waals surface area contributed by atoms with Crippen LogP contribution in [-0.2, 0) is 0 Å². The zero-order chi connectivity index (χ0) is 18.3. The van der Waals surface area contributed by atoms with E-state index in [9.17, 15) is 5.26 Å². The van der Waals surface area contributed by atoms with Crippen LogP contribution < -0.4 is 15.4 Å². The van der Waals surface area contributed by atoms with Crippen LogP contribution in [0, 0.1) is 11.3 Å². The van der Waals surface area contributed by atoms with Gasteiger partial charge < -0.3 is 15.4 Å². The van der Waals surface area contributed by atoms with Gasteiger partial charge in [-0.15, -0.1) is 0 Å². The van der Waals surface area contributed by atoms with Gasteiger partial charge in [0.05, 0.1) is 11.4 Å². The van der Waals surface area contributed by atoms with Crippen LogP contribution >= 0.6 is 0 Å². The molecule has 5 nitrogen and oxygen atoms in total. The minimum atomic E-state index is -0.294. The number of nitriles is 1. The van der Waals surface area contributed by atoms with Gasteiger partial charge in [-0.2, -0.15) is 5.26 Å². The maximum Gasteiger partial charge on any atom is 0.205 e. The second-order valence-corrected chi connectivity index (χ2v) is 6.50. The van der Waals surface area contributed by atoms with Crippen LogP contribution in [0.25, 0.3) is 10.9 Å². The molecule has 4 rings (SSSR count). The number of nitrogens with zero attached hydrogens (tertiary/aromatic N) is 3. The summed E-state index contributed by atoms with van der Waals surface area (Å²) in [4.78, 5) is 6.54. The van der Waals surface area contributed by atoms with Crippen molar-refractivity contribution in [1.82, 2.24) is 4.98 Å². The largest absolute Gasteiger partial charge is 0.440 e.